The Morgan fingerprint density at radius 3 is 1.29 bits per heavy atom. The number of aliphatic carboxylic acids is 1. The maximum absolute atomic E-state index is 10.0. The van der Waals surface area contributed by atoms with Crippen LogP contribution in [-0.4, -0.2) is 35.6 Å². The zero-order valence-corrected chi connectivity index (χ0v) is 12.5. The molecule has 0 radical (unpaired) electrons. The van der Waals surface area contributed by atoms with Crippen molar-refractivity contribution in [1.29, 1.82) is 0 Å². The molecular formula is C14H31NO2. The number of carboxylic acids is 1. The molecule has 104 valence electrons. The van der Waals surface area contributed by atoms with Crippen LogP contribution in [-0.2, 0) is 4.79 Å². The Labute approximate surface area is 107 Å². The van der Waals surface area contributed by atoms with E-state index in [2.05, 4.69) is 25.7 Å². The van der Waals surface area contributed by atoms with Crippen LogP contribution >= 0.6 is 0 Å². The van der Waals surface area contributed by atoms with Crippen LogP contribution in [0, 0.1) is 5.41 Å². The highest BCUT2D eigenvalue weighted by molar-refractivity contribution is 5.72. The monoisotopic (exact) mass is 245 g/mol. The molecule has 0 aliphatic heterocycles. The van der Waals surface area contributed by atoms with Gasteiger partial charge in [0, 0.05) is 0 Å². The van der Waals surface area contributed by atoms with Crippen molar-refractivity contribution in [2.45, 2.75) is 60.8 Å². The van der Waals surface area contributed by atoms with E-state index < -0.39 is 11.4 Å². The third-order valence-electron chi connectivity index (χ3n) is 2.26. The summed E-state index contributed by atoms with van der Waals surface area (Å²) in [5.41, 5.74) is -0.583. The number of nitrogens with zero attached hydrogens (tertiary/aromatic N) is 1. The van der Waals surface area contributed by atoms with Gasteiger partial charge in [-0.1, -0.05) is 20.8 Å². The van der Waals surface area contributed by atoms with Gasteiger partial charge < -0.3 is 10.0 Å². The fourth-order valence-corrected chi connectivity index (χ4v) is 1.28. The van der Waals surface area contributed by atoms with Crippen LogP contribution in [0.3, 0.4) is 0 Å². The van der Waals surface area contributed by atoms with Gasteiger partial charge in [-0.3, -0.25) is 4.79 Å². The Kier molecular flexibility index (Phi) is 11.7. The molecule has 17 heavy (non-hydrogen) atoms. The molecule has 0 bridgehead atoms. The maximum Gasteiger partial charge on any atom is 0.308 e. The fraction of sp³-hybridized carbons (Fsp3) is 0.929. The molecule has 0 aliphatic rings. The van der Waals surface area contributed by atoms with Gasteiger partial charge in [0.15, 0.2) is 0 Å². The van der Waals surface area contributed by atoms with Crippen molar-refractivity contribution in [1.82, 2.24) is 4.90 Å². The highest BCUT2D eigenvalue weighted by atomic mass is 16.4. The van der Waals surface area contributed by atoms with Crippen LogP contribution in [0.2, 0.25) is 0 Å². The van der Waals surface area contributed by atoms with Crippen LogP contribution in [0.5, 0.6) is 0 Å². The Morgan fingerprint density at radius 2 is 1.18 bits per heavy atom. The molecule has 0 saturated carbocycles. The first kappa shape index (κ1) is 18.8. The first-order valence-corrected chi connectivity index (χ1v) is 6.75. The number of rotatable bonds is 6. The fourth-order valence-electron chi connectivity index (χ4n) is 1.28. The van der Waals surface area contributed by atoms with Crippen LogP contribution in [0.25, 0.3) is 0 Å². The van der Waals surface area contributed by atoms with Gasteiger partial charge in [-0.25, -0.2) is 0 Å². The molecule has 0 fully saturated rings. The average Bonchev–Trinajstić information content (AvgIpc) is 2.18. The summed E-state index contributed by atoms with van der Waals surface area (Å²) in [6.45, 7) is 15.6. The van der Waals surface area contributed by atoms with Gasteiger partial charge in [0.1, 0.15) is 0 Å². The van der Waals surface area contributed by atoms with E-state index in [1.54, 1.807) is 20.8 Å². The molecule has 0 rings (SSSR count). The van der Waals surface area contributed by atoms with Crippen molar-refractivity contribution in [3.05, 3.63) is 0 Å². The molecule has 3 nitrogen and oxygen atoms in total. The third-order valence-corrected chi connectivity index (χ3v) is 2.26. The van der Waals surface area contributed by atoms with E-state index in [0.29, 0.717) is 0 Å². The number of carbonyl (C=O) groups is 1. The van der Waals surface area contributed by atoms with Crippen molar-refractivity contribution >= 4 is 5.97 Å². The maximum atomic E-state index is 10.0. The van der Waals surface area contributed by atoms with E-state index in [0.717, 1.165) is 0 Å². The third kappa shape index (κ3) is 13.4. The highest BCUT2D eigenvalue weighted by Gasteiger charge is 2.18. The van der Waals surface area contributed by atoms with E-state index in [1.807, 2.05) is 0 Å². The Morgan fingerprint density at radius 1 is 0.941 bits per heavy atom. The molecule has 0 aromatic carbocycles. The summed E-state index contributed by atoms with van der Waals surface area (Å²) in [5, 5.41) is 8.25. The lowest BCUT2D eigenvalue weighted by atomic mass is 9.98. The first-order valence-electron chi connectivity index (χ1n) is 6.75. The number of hydrogen-bond donors (Lipinski definition) is 1. The summed E-state index contributed by atoms with van der Waals surface area (Å²) in [4.78, 5) is 12.6. The van der Waals surface area contributed by atoms with E-state index in [4.69, 9.17) is 5.11 Å². The lowest BCUT2D eigenvalue weighted by Gasteiger charge is -2.19. The van der Waals surface area contributed by atoms with Crippen LogP contribution in [0.4, 0.5) is 0 Å². The Balaban J connectivity index is 0. The van der Waals surface area contributed by atoms with Crippen molar-refractivity contribution < 1.29 is 9.90 Å². The molecule has 0 spiro atoms. The van der Waals surface area contributed by atoms with Gasteiger partial charge in [-0.15, -0.1) is 0 Å². The second-order valence-electron chi connectivity index (χ2n) is 5.40. The van der Waals surface area contributed by atoms with E-state index in [1.165, 1.54) is 38.9 Å². The molecule has 3 heteroatoms. The molecule has 0 aliphatic carbocycles. The number of carboxylic acid groups (broad SMARTS) is 1. The lowest BCUT2D eigenvalue weighted by molar-refractivity contribution is -0.145. The number of hydrogen-bond acceptors (Lipinski definition) is 2. The minimum atomic E-state index is -0.757. The average molecular weight is 245 g/mol. The van der Waals surface area contributed by atoms with Crippen LogP contribution < -0.4 is 0 Å². The van der Waals surface area contributed by atoms with Crippen molar-refractivity contribution in [3.63, 3.8) is 0 Å². The summed E-state index contributed by atoms with van der Waals surface area (Å²) < 4.78 is 0. The van der Waals surface area contributed by atoms with Crippen LogP contribution in [0.15, 0.2) is 0 Å². The Hall–Kier alpha value is -0.570. The van der Waals surface area contributed by atoms with E-state index in [9.17, 15) is 4.79 Å². The summed E-state index contributed by atoms with van der Waals surface area (Å²) in [7, 11) is 0. The first-order chi connectivity index (χ1) is 7.79. The van der Waals surface area contributed by atoms with Crippen LogP contribution in [0.1, 0.15) is 60.8 Å². The van der Waals surface area contributed by atoms with Crippen molar-refractivity contribution in [3.8, 4) is 0 Å². The van der Waals surface area contributed by atoms with Gasteiger partial charge in [0.2, 0.25) is 0 Å². The molecule has 0 heterocycles. The largest absolute Gasteiger partial charge is 0.481 e. The predicted molar refractivity (Wildman–Crippen MR) is 74.4 cm³/mol. The topological polar surface area (TPSA) is 40.5 Å². The second-order valence-corrected chi connectivity index (χ2v) is 5.40. The molecule has 0 atom stereocenters. The quantitative estimate of drug-likeness (QED) is 0.776. The molecule has 0 aromatic rings. The predicted octanol–water partition coefficient (Wildman–Crippen LogP) is 3.64. The van der Waals surface area contributed by atoms with Gasteiger partial charge in [-0.05, 0) is 59.7 Å². The second kappa shape index (κ2) is 10.6. The molecule has 0 aromatic heterocycles. The summed E-state index contributed by atoms with van der Waals surface area (Å²) >= 11 is 0. The molecule has 0 saturated heterocycles. The smallest absolute Gasteiger partial charge is 0.308 e. The zero-order valence-electron chi connectivity index (χ0n) is 12.5. The molecule has 0 amide bonds. The minimum Gasteiger partial charge on any atom is -0.481 e. The Bertz CT molecular complexity index is 171. The van der Waals surface area contributed by atoms with Gasteiger partial charge in [0.25, 0.3) is 0 Å². The zero-order chi connectivity index (χ0) is 13.9. The van der Waals surface area contributed by atoms with Gasteiger partial charge >= 0.3 is 5.97 Å². The standard InChI is InChI=1S/C9H21N.C5H10O2/c1-4-7-10(8-5-2)9-6-3;1-5(2,3)4(6)7/h4-9H2,1-3H3;1-3H3,(H,6,7). The summed E-state index contributed by atoms with van der Waals surface area (Å²) in [6, 6.07) is 0. The van der Waals surface area contributed by atoms with E-state index in [-0.39, 0.29) is 0 Å². The molecule has 1 N–H and O–H groups in total. The highest BCUT2D eigenvalue weighted by Crippen LogP contribution is 2.11. The minimum absolute atomic E-state index is 0.583. The normalized spacial score (nSPS) is 11.0. The van der Waals surface area contributed by atoms with Crippen molar-refractivity contribution in [2.24, 2.45) is 5.41 Å². The van der Waals surface area contributed by atoms with Gasteiger partial charge in [-0.2, -0.15) is 0 Å². The molecule has 0 unspecified atom stereocenters. The summed E-state index contributed by atoms with van der Waals surface area (Å²) in [6.07, 6.45) is 3.88. The SMILES string of the molecule is CC(C)(C)C(=O)O.CCCN(CCC)CCC. The summed E-state index contributed by atoms with van der Waals surface area (Å²) in [5.74, 6) is -0.757. The lowest BCUT2D eigenvalue weighted by Crippen LogP contribution is -2.25. The molecular weight excluding hydrogens is 214 g/mol. The van der Waals surface area contributed by atoms with Crippen molar-refractivity contribution in [2.75, 3.05) is 19.6 Å². The van der Waals surface area contributed by atoms with E-state index >= 15 is 0 Å². The van der Waals surface area contributed by atoms with Gasteiger partial charge in [0.05, 0.1) is 5.41 Å².